The first-order valence-corrected chi connectivity index (χ1v) is 9.90. The van der Waals surface area contributed by atoms with Gasteiger partial charge in [-0.05, 0) is 23.6 Å². The number of para-hydroxylation sites is 1. The van der Waals surface area contributed by atoms with E-state index >= 15 is 0 Å². The van der Waals surface area contributed by atoms with Crippen LogP contribution in [0.1, 0.15) is 24.4 Å². The van der Waals surface area contributed by atoms with E-state index in [0.29, 0.717) is 5.56 Å². The minimum absolute atomic E-state index is 0.0742. The Morgan fingerprint density at radius 1 is 1.06 bits per heavy atom. The van der Waals surface area contributed by atoms with Gasteiger partial charge < -0.3 is 20.3 Å². The molecule has 0 fully saturated rings. The van der Waals surface area contributed by atoms with Crippen LogP contribution in [-0.2, 0) is 14.3 Å². The maximum atomic E-state index is 13.1. The number of amides is 3. The Kier molecular flexibility index (Phi) is 7.01. The number of ether oxygens (including phenoxy) is 1. The Labute approximate surface area is 182 Å². The summed E-state index contributed by atoms with van der Waals surface area (Å²) >= 11 is 0. The van der Waals surface area contributed by atoms with E-state index in [0.717, 1.165) is 16.8 Å². The van der Waals surface area contributed by atoms with Crippen molar-refractivity contribution < 1.29 is 32.3 Å². The normalized spacial score (nSPS) is 15.3. The summed E-state index contributed by atoms with van der Waals surface area (Å²) in [6.45, 7) is -1.73. The van der Waals surface area contributed by atoms with Crippen LogP contribution in [0.15, 0.2) is 48.5 Å². The third kappa shape index (κ3) is 5.57. The number of nitrogens with one attached hydrogen (secondary N) is 2. The van der Waals surface area contributed by atoms with E-state index in [4.69, 9.17) is 0 Å². The van der Waals surface area contributed by atoms with E-state index in [9.17, 15) is 27.6 Å². The lowest BCUT2D eigenvalue weighted by atomic mass is 9.95. The lowest BCUT2D eigenvalue weighted by molar-refractivity contribution is -0.127. The summed E-state index contributed by atoms with van der Waals surface area (Å²) in [6, 6.07) is 13.8. The Bertz CT molecular complexity index is 1010. The molecular weight excluding hydrogens is 427 g/mol. The second kappa shape index (κ2) is 9.71. The maximum Gasteiger partial charge on any atom is 0.407 e. The summed E-state index contributed by atoms with van der Waals surface area (Å²) < 4.78 is 40.8. The van der Waals surface area contributed by atoms with Crippen molar-refractivity contribution in [3.8, 4) is 11.1 Å². The van der Waals surface area contributed by atoms with Gasteiger partial charge in [-0.1, -0.05) is 42.5 Å². The van der Waals surface area contributed by atoms with E-state index in [-0.39, 0.29) is 25.4 Å². The van der Waals surface area contributed by atoms with Crippen LogP contribution < -0.4 is 15.5 Å². The molecule has 0 radical (unpaired) electrons. The molecule has 0 bridgehead atoms. The Hall–Kier alpha value is -3.56. The number of fused-ring (bicyclic) bond motifs is 3. The highest BCUT2D eigenvalue weighted by Gasteiger charge is 2.33. The molecule has 32 heavy (non-hydrogen) atoms. The number of alkyl halides is 3. The first-order valence-electron chi connectivity index (χ1n) is 9.90. The van der Waals surface area contributed by atoms with Crippen molar-refractivity contribution in [1.82, 2.24) is 10.6 Å². The van der Waals surface area contributed by atoms with Gasteiger partial charge >= 0.3 is 12.3 Å². The number of anilines is 1. The molecule has 2 aromatic rings. The van der Waals surface area contributed by atoms with Gasteiger partial charge in [-0.25, -0.2) is 4.79 Å². The van der Waals surface area contributed by atoms with E-state index in [1.54, 1.807) is 24.5 Å². The third-order valence-electron chi connectivity index (χ3n) is 4.92. The van der Waals surface area contributed by atoms with Crippen LogP contribution in [0.2, 0.25) is 0 Å². The van der Waals surface area contributed by atoms with E-state index in [1.165, 1.54) is 4.90 Å². The Morgan fingerprint density at radius 3 is 2.44 bits per heavy atom. The molecule has 3 rings (SSSR count). The average Bonchev–Trinajstić information content (AvgIpc) is 2.85. The fourth-order valence-corrected chi connectivity index (χ4v) is 3.43. The molecule has 1 unspecified atom stereocenters. The SMILES string of the molecule is CN1C(=O)C(NC(=O)CCCOC(=O)NCC(F)(F)F)c2ccccc2-c2ccccc21. The van der Waals surface area contributed by atoms with Crippen molar-refractivity contribution in [2.24, 2.45) is 0 Å². The molecule has 3 amide bonds. The summed E-state index contributed by atoms with van der Waals surface area (Å²) in [6.07, 6.45) is -5.73. The van der Waals surface area contributed by atoms with Crippen LogP contribution in [-0.4, -0.2) is 44.3 Å². The molecule has 0 spiro atoms. The summed E-state index contributed by atoms with van der Waals surface area (Å²) in [4.78, 5) is 38.3. The molecule has 2 N–H and O–H groups in total. The van der Waals surface area contributed by atoms with E-state index < -0.39 is 30.8 Å². The highest BCUT2D eigenvalue weighted by atomic mass is 19.4. The van der Waals surface area contributed by atoms with Gasteiger partial charge in [0.25, 0.3) is 5.91 Å². The zero-order valence-corrected chi connectivity index (χ0v) is 17.2. The third-order valence-corrected chi connectivity index (χ3v) is 4.92. The topological polar surface area (TPSA) is 87.7 Å². The molecule has 1 heterocycles. The van der Waals surface area contributed by atoms with Gasteiger partial charge in [0, 0.05) is 19.0 Å². The quantitative estimate of drug-likeness (QED) is 0.661. The maximum absolute atomic E-state index is 13.1. The minimum atomic E-state index is -4.53. The summed E-state index contributed by atoms with van der Waals surface area (Å²) in [5.74, 6) is -0.754. The molecule has 2 aromatic carbocycles. The second-order valence-electron chi connectivity index (χ2n) is 7.21. The first-order chi connectivity index (χ1) is 15.2. The molecule has 170 valence electrons. The molecule has 1 atom stereocenters. The van der Waals surface area contributed by atoms with Crippen LogP contribution in [0.25, 0.3) is 11.1 Å². The summed E-state index contributed by atoms with van der Waals surface area (Å²) in [7, 11) is 1.64. The van der Waals surface area contributed by atoms with Crippen molar-refractivity contribution in [2.45, 2.75) is 25.1 Å². The zero-order chi connectivity index (χ0) is 23.3. The van der Waals surface area contributed by atoms with Crippen molar-refractivity contribution in [2.75, 3.05) is 25.1 Å². The number of hydrogen-bond acceptors (Lipinski definition) is 4. The number of rotatable bonds is 6. The number of alkyl carbamates (subject to hydrolysis) is 1. The van der Waals surface area contributed by atoms with Crippen molar-refractivity contribution in [3.05, 3.63) is 54.1 Å². The van der Waals surface area contributed by atoms with Crippen molar-refractivity contribution in [3.63, 3.8) is 0 Å². The molecule has 1 aliphatic heterocycles. The minimum Gasteiger partial charge on any atom is -0.450 e. The number of carbonyl (C=O) groups excluding carboxylic acids is 3. The van der Waals surface area contributed by atoms with Crippen LogP contribution in [0.5, 0.6) is 0 Å². The Balaban J connectivity index is 1.62. The first kappa shape index (κ1) is 23.1. The molecule has 0 saturated heterocycles. The fraction of sp³-hybridized carbons (Fsp3) is 0.318. The number of halogens is 3. The van der Waals surface area contributed by atoms with Gasteiger partial charge in [0.2, 0.25) is 5.91 Å². The van der Waals surface area contributed by atoms with Crippen molar-refractivity contribution >= 4 is 23.6 Å². The largest absolute Gasteiger partial charge is 0.450 e. The number of hydrogen-bond donors (Lipinski definition) is 2. The van der Waals surface area contributed by atoms with Crippen LogP contribution >= 0.6 is 0 Å². The lowest BCUT2D eigenvalue weighted by Crippen LogP contribution is -2.40. The monoisotopic (exact) mass is 449 g/mol. The van der Waals surface area contributed by atoms with Gasteiger partial charge in [0.05, 0.1) is 12.3 Å². The number of carbonyl (C=O) groups is 3. The molecule has 0 aromatic heterocycles. The molecule has 1 aliphatic rings. The number of nitrogens with zero attached hydrogens (tertiary/aromatic N) is 1. The van der Waals surface area contributed by atoms with Crippen LogP contribution in [0, 0.1) is 0 Å². The van der Waals surface area contributed by atoms with Crippen LogP contribution in [0.4, 0.5) is 23.7 Å². The zero-order valence-electron chi connectivity index (χ0n) is 17.2. The van der Waals surface area contributed by atoms with Gasteiger partial charge in [0.15, 0.2) is 0 Å². The predicted molar refractivity (Wildman–Crippen MR) is 111 cm³/mol. The second-order valence-corrected chi connectivity index (χ2v) is 7.21. The van der Waals surface area contributed by atoms with Gasteiger partial charge in [-0.2, -0.15) is 13.2 Å². The average molecular weight is 449 g/mol. The lowest BCUT2D eigenvalue weighted by Gasteiger charge is -2.23. The molecular formula is C22H22F3N3O4. The summed E-state index contributed by atoms with van der Waals surface area (Å²) in [5.41, 5.74) is 3.08. The van der Waals surface area contributed by atoms with Gasteiger partial charge in [-0.3, -0.25) is 9.59 Å². The molecule has 10 heteroatoms. The van der Waals surface area contributed by atoms with Gasteiger partial charge in [0.1, 0.15) is 12.6 Å². The van der Waals surface area contributed by atoms with E-state index in [1.807, 2.05) is 36.4 Å². The fourth-order valence-electron chi connectivity index (χ4n) is 3.43. The van der Waals surface area contributed by atoms with Crippen molar-refractivity contribution in [1.29, 1.82) is 0 Å². The standard InChI is InChI=1S/C22H22F3N3O4/c1-28-17-10-5-4-8-15(17)14-7-2-3-9-16(14)19(20(28)30)27-18(29)11-6-12-32-21(31)26-13-22(23,24)25/h2-5,7-10,19H,6,11-13H2,1H3,(H,26,31)(H,27,29). The highest BCUT2D eigenvalue weighted by Crippen LogP contribution is 2.39. The molecule has 0 aliphatic carbocycles. The van der Waals surface area contributed by atoms with Crippen LogP contribution in [0.3, 0.4) is 0 Å². The number of likely N-dealkylation sites (N-methyl/N-ethyl adjacent to an activating group) is 1. The predicted octanol–water partition coefficient (Wildman–Crippen LogP) is 3.56. The molecule has 7 nitrogen and oxygen atoms in total. The van der Waals surface area contributed by atoms with Gasteiger partial charge in [-0.15, -0.1) is 0 Å². The smallest absolute Gasteiger partial charge is 0.407 e. The highest BCUT2D eigenvalue weighted by molar-refractivity contribution is 6.05. The van der Waals surface area contributed by atoms with E-state index in [2.05, 4.69) is 10.1 Å². The number of benzene rings is 2. The molecule has 0 saturated carbocycles. The Morgan fingerprint density at radius 2 is 1.72 bits per heavy atom. The summed E-state index contributed by atoms with van der Waals surface area (Å²) in [5, 5.41) is 4.31.